The van der Waals surface area contributed by atoms with Crippen molar-refractivity contribution in [2.45, 2.75) is 91.6 Å². The Labute approximate surface area is 351 Å². The van der Waals surface area contributed by atoms with Gasteiger partial charge in [0.25, 0.3) is 5.91 Å². The van der Waals surface area contributed by atoms with Crippen molar-refractivity contribution in [2.24, 2.45) is 17.3 Å². The first-order valence-electron chi connectivity index (χ1n) is 21.0. The molecule has 2 saturated heterocycles. The van der Waals surface area contributed by atoms with Gasteiger partial charge in [0.05, 0.1) is 38.0 Å². The van der Waals surface area contributed by atoms with Gasteiger partial charge in [-0.1, -0.05) is 39.8 Å². The molecular weight excluding hydrogens is 765 g/mol. The highest BCUT2D eigenvalue weighted by Crippen LogP contribution is 2.41. The number of aromatic hydroxyl groups is 1. The smallest absolute Gasteiger partial charge is 0.324 e. The van der Waals surface area contributed by atoms with E-state index in [2.05, 4.69) is 53.2 Å². The largest absolute Gasteiger partial charge is 0.508 e. The Hall–Kier alpha value is -5.31. The number of aryl methyl sites for hydroxylation is 1. The Morgan fingerprint density at radius 2 is 1.90 bits per heavy atom. The summed E-state index contributed by atoms with van der Waals surface area (Å²) in [6.07, 6.45) is 5.23. The van der Waals surface area contributed by atoms with Gasteiger partial charge < -0.3 is 34.1 Å². The van der Waals surface area contributed by atoms with Gasteiger partial charge in [-0.15, -0.1) is 0 Å². The maximum absolute atomic E-state index is 14.5. The summed E-state index contributed by atoms with van der Waals surface area (Å²) in [7, 11) is 3.28. The minimum absolute atomic E-state index is 0.00859. The van der Waals surface area contributed by atoms with E-state index in [9.17, 15) is 24.3 Å². The highest BCUT2D eigenvalue weighted by molar-refractivity contribution is 5.96. The first-order chi connectivity index (χ1) is 28.7. The minimum atomic E-state index is -1.11. The fraction of sp³-hybridized carbons (Fsp3) is 0.500. The molecule has 3 atom stereocenters. The SMILES string of the molecule is CCn1c(-c2cnccc2COC)c2c3cc(ccc31)-c1cc(O)cc(c1)C[C@H](NC(=O)C(C(C)C)N(C)C(=O)C1COC1)C(=O)N1CCC[C@H](N1)C(=O)OCC(C)(C)C2. The van der Waals surface area contributed by atoms with Crippen molar-refractivity contribution in [2.75, 3.05) is 40.5 Å². The number of rotatable bonds is 9. The summed E-state index contributed by atoms with van der Waals surface area (Å²) in [5.41, 5.74) is 9.87. The van der Waals surface area contributed by atoms with Crippen LogP contribution >= 0.6 is 0 Å². The Balaban J connectivity index is 1.34. The minimum Gasteiger partial charge on any atom is -0.508 e. The molecular formula is C46H58N6O8. The number of cyclic esters (lactones) is 1. The van der Waals surface area contributed by atoms with E-state index >= 15 is 0 Å². The second-order valence-electron chi connectivity index (χ2n) is 17.6. The number of phenols is 1. The zero-order valence-corrected chi connectivity index (χ0v) is 35.7. The molecule has 3 aliphatic heterocycles. The molecule has 6 bridgehead atoms. The number of fused-ring (bicyclic) bond motifs is 6. The van der Waals surface area contributed by atoms with Gasteiger partial charge >= 0.3 is 5.97 Å². The highest BCUT2D eigenvalue weighted by Gasteiger charge is 2.40. The second-order valence-corrected chi connectivity index (χ2v) is 17.6. The van der Waals surface area contributed by atoms with Crippen molar-refractivity contribution in [3.8, 4) is 28.1 Å². The molecule has 5 heterocycles. The fourth-order valence-electron chi connectivity index (χ4n) is 8.92. The van der Waals surface area contributed by atoms with E-state index in [-0.39, 0.29) is 36.5 Å². The molecule has 2 fully saturated rings. The molecule has 0 aliphatic carbocycles. The van der Waals surface area contributed by atoms with Gasteiger partial charge in [0.1, 0.15) is 23.9 Å². The van der Waals surface area contributed by atoms with Crippen LogP contribution in [0, 0.1) is 17.3 Å². The summed E-state index contributed by atoms with van der Waals surface area (Å²) in [5, 5.41) is 16.6. The van der Waals surface area contributed by atoms with Crippen LogP contribution in [0.5, 0.6) is 5.75 Å². The van der Waals surface area contributed by atoms with Crippen LogP contribution in [0.4, 0.5) is 0 Å². The zero-order chi connectivity index (χ0) is 42.9. The molecule has 3 amide bonds. The lowest BCUT2D eigenvalue weighted by atomic mass is 9.84. The van der Waals surface area contributed by atoms with Gasteiger partial charge in [-0.25, -0.2) is 5.43 Å². The van der Waals surface area contributed by atoms with Crippen molar-refractivity contribution in [3.05, 3.63) is 71.5 Å². The molecule has 3 N–H and O–H groups in total. The van der Waals surface area contributed by atoms with Gasteiger partial charge in [-0.3, -0.25) is 29.2 Å². The van der Waals surface area contributed by atoms with Crippen molar-refractivity contribution in [1.29, 1.82) is 0 Å². The first-order valence-corrected chi connectivity index (χ1v) is 21.0. The molecule has 0 radical (unpaired) electrons. The molecule has 4 aromatic rings. The van der Waals surface area contributed by atoms with Gasteiger partial charge in [0.2, 0.25) is 11.8 Å². The van der Waals surface area contributed by atoms with Gasteiger partial charge in [0, 0.05) is 67.9 Å². The Kier molecular flexibility index (Phi) is 12.6. The van der Waals surface area contributed by atoms with Crippen LogP contribution in [0.25, 0.3) is 33.3 Å². The maximum atomic E-state index is 14.5. The van der Waals surface area contributed by atoms with Crippen LogP contribution in [0.15, 0.2) is 54.9 Å². The maximum Gasteiger partial charge on any atom is 0.324 e. The molecule has 7 rings (SSSR count). The number of likely N-dealkylation sites (N-methyl/N-ethyl adjacent to an activating group) is 1. The summed E-state index contributed by atoms with van der Waals surface area (Å²) < 4.78 is 19.2. The van der Waals surface area contributed by atoms with Crippen molar-refractivity contribution in [1.82, 2.24) is 30.2 Å². The lowest BCUT2D eigenvalue weighted by Crippen LogP contribution is -2.62. The van der Waals surface area contributed by atoms with Crippen LogP contribution in [-0.4, -0.2) is 107 Å². The molecule has 2 aromatic heterocycles. The van der Waals surface area contributed by atoms with Crippen LogP contribution in [0.3, 0.4) is 0 Å². The van der Waals surface area contributed by atoms with Crippen LogP contribution < -0.4 is 10.7 Å². The predicted octanol–water partition coefficient (Wildman–Crippen LogP) is 5.02. The summed E-state index contributed by atoms with van der Waals surface area (Å²) in [5.74, 6) is -2.16. The van der Waals surface area contributed by atoms with Gasteiger partial charge in [-0.2, -0.15) is 0 Å². The first kappa shape index (κ1) is 42.8. The summed E-state index contributed by atoms with van der Waals surface area (Å²) >= 11 is 0. The number of aromatic nitrogens is 2. The van der Waals surface area contributed by atoms with Gasteiger partial charge in [0.15, 0.2) is 0 Å². The second kappa shape index (κ2) is 17.7. The van der Waals surface area contributed by atoms with E-state index in [1.54, 1.807) is 32.5 Å². The standard InChI is InChI=1S/C46H58N6O8/c1-8-51-39-12-11-29-20-34(39)35(41(51)36-22-47-14-13-30(36)23-58-7)21-46(4,5)26-60-45(57)37-10-9-15-52(49-37)44(56)38(18-28-16-31(29)19-33(53)17-28)48-42(54)40(27(2)3)50(6)43(55)32-24-59-25-32/h11-14,16-17,19-20,22,27,32,37-38,40,49,53H,8-10,15,18,21,23-26H2,1-7H3,(H,48,54)/t37-,38-,40?/m0/s1. The fourth-order valence-corrected chi connectivity index (χ4v) is 8.92. The van der Waals surface area contributed by atoms with E-state index in [1.807, 2.05) is 38.2 Å². The number of benzene rings is 2. The predicted molar refractivity (Wildman–Crippen MR) is 226 cm³/mol. The number of hydrogen-bond donors (Lipinski definition) is 3. The highest BCUT2D eigenvalue weighted by atomic mass is 16.5. The summed E-state index contributed by atoms with van der Waals surface area (Å²) in [4.78, 5) is 61.9. The number of carbonyl (C=O) groups is 4. The van der Waals surface area contributed by atoms with Gasteiger partial charge in [-0.05, 0) is 90.3 Å². The topological polar surface area (TPSA) is 165 Å². The number of hydrogen-bond acceptors (Lipinski definition) is 10. The number of amides is 3. The summed E-state index contributed by atoms with van der Waals surface area (Å²) in [6.45, 7) is 12.1. The number of phenolic OH excluding ortho intramolecular Hbond substituents is 1. The number of esters is 1. The monoisotopic (exact) mass is 822 g/mol. The average Bonchev–Trinajstić information content (AvgIpc) is 3.49. The molecule has 0 spiro atoms. The average molecular weight is 823 g/mol. The Morgan fingerprint density at radius 3 is 2.60 bits per heavy atom. The van der Waals surface area contributed by atoms with Crippen molar-refractivity contribution < 1.29 is 38.5 Å². The lowest BCUT2D eigenvalue weighted by molar-refractivity contribution is -0.156. The molecule has 320 valence electrons. The zero-order valence-electron chi connectivity index (χ0n) is 35.7. The Morgan fingerprint density at radius 1 is 1.12 bits per heavy atom. The molecule has 14 heteroatoms. The molecule has 14 nitrogen and oxygen atoms in total. The molecule has 2 aromatic carbocycles. The number of pyridine rings is 1. The number of hydrazine groups is 1. The van der Waals surface area contributed by atoms with E-state index < -0.39 is 41.3 Å². The third-order valence-electron chi connectivity index (χ3n) is 12.0. The molecule has 0 saturated carbocycles. The van der Waals surface area contributed by atoms with E-state index in [1.165, 1.54) is 9.91 Å². The molecule has 3 aliphatic rings. The van der Waals surface area contributed by atoms with E-state index in [0.29, 0.717) is 57.7 Å². The van der Waals surface area contributed by atoms with Crippen molar-refractivity contribution >= 4 is 34.6 Å². The third-order valence-corrected chi connectivity index (χ3v) is 12.0. The van der Waals surface area contributed by atoms with Crippen LogP contribution in [0.2, 0.25) is 0 Å². The lowest BCUT2D eigenvalue weighted by Gasteiger charge is -2.37. The Bertz CT molecular complexity index is 2260. The summed E-state index contributed by atoms with van der Waals surface area (Å²) in [6, 6.07) is 10.7. The number of nitrogens with zero attached hydrogens (tertiary/aromatic N) is 4. The molecule has 60 heavy (non-hydrogen) atoms. The van der Waals surface area contributed by atoms with Crippen LogP contribution in [-0.2, 0) is 59.4 Å². The number of methoxy groups -OCH3 is 1. The van der Waals surface area contributed by atoms with E-state index in [0.717, 1.165) is 44.4 Å². The molecule has 1 unspecified atom stereocenters. The number of carbonyl (C=O) groups excluding carboxylic acids is 4. The number of ether oxygens (including phenoxy) is 3. The third kappa shape index (κ3) is 8.77. The van der Waals surface area contributed by atoms with E-state index in [4.69, 9.17) is 14.2 Å². The number of nitrogens with one attached hydrogen (secondary N) is 2. The van der Waals surface area contributed by atoms with Crippen molar-refractivity contribution in [3.63, 3.8) is 0 Å². The normalized spacial score (nSPS) is 20.3. The van der Waals surface area contributed by atoms with Crippen LogP contribution in [0.1, 0.15) is 64.2 Å². The quantitative estimate of drug-likeness (QED) is 0.196.